The molecule has 2 nitrogen and oxygen atoms in total. The van der Waals surface area contributed by atoms with E-state index >= 15 is 0 Å². The fourth-order valence-electron chi connectivity index (χ4n) is 5.27. The van der Waals surface area contributed by atoms with E-state index in [0.29, 0.717) is 17.3 Å². The van der Waals surface area contributed by atoms with Crippen molar-refractivity contribution in [3.8, 4) is 0 Å². The van der Waals surface area contributed by atoms with Crippen molar-refractivity contribution in [2.24, 2.45) is 28.6 Å². The van der Waals surface area contributed by atoms with Crippen LogP contribution in [0.1, 0.15) is 72.6 Å². The molecule has 0 radical (unpaired) electrons. The van der Waals surface area contributed by atoms with Crippen LogP contribution in [0.15, 0.2) is 11.6 Å². The van der Waals surface area contributed by atoms with Crippen molar-refractivity contribution in [2.75, 3.05) is 6.61 Å². The van der Waals surface area contributed by atoms with Crippen molar-refractivity contribution in [3.05, 3.63) is 11.6 Å². The Morgan fingerprint density at radius 1 is 1.36 bits per heavy atom. The molecule has 0 aromatic heterocycles. The number of aliphatic hydroxyl groups excluding tert-OH is 1. The largest absolute Gasteiger partial charge is 0.396 e. The minimum atomic E-state index is 0.0300. The van der Waals surface area contributed by atoms with Crippen molar-refractivity contribution in [2.45, 2.75) is 72.6 Å². The second kappa shape index (κ2) is 6.86. The number of allylic oxidation sites excluding steroid dienone is 2. The number of aliphatic hydroxyl groups is 1. The highest BCUT2D eigenvalue weighted by atomic mass is 16.3. The summed E-state index contributed by atoms with van der Waals surface area (Å²) in [5, 5.41) is 9.12. The van der Waals surface area contributed by atoms with Crippen LogP contribution in [0.2, 0.25) is 0 Å². The van der Waals surface area contributed by atoms with Gasteiger partial charge in [0.2, 0.25) is 0 Å². The van der Waals surface area contributed by atoms with Gasteiger partial charge in [0.05, 0.1) is 0 Å². The summed E-state index contributed by atoms with van der Waals surface area (Å²) in [4.78, 5) is 11.2. The van der Waals surface area contributed by atoms with Crippen LogP contribution in [0.3, 0.4) is 0 Å². The summed E-state index contributed by atoms with van der Waals surface area (Å²) in [6, 6.07) is 0. The van der Waals surface area contributed by atoms with Crippen LogP contribution < -0.4 is 0 Å². The summed E-state index contributed by atoms with van der Waals surface area (Å²) in [6.45, 7) is 9.80. The van der Waals surface area contributed by atoms with E-state index in [4.69, 9.17) is 5.11 Å². The maximum absolute atomic E-state index is 11.2. The van der Waals surface area contributed by atoms with E-state index in [1.165, 1.54) is 25.7 Å². The normalized spacial score (nSPS) is 39.8. The fourth-order valence-corrected chi connectivity index (χ4v) is 5.27. The lowest BCUT2D eigenvalue weighted by Crippen LogP contribution is -2.49. The van der Waals surface area contributed by atoms with Gasteiger partial charge < -0.3 is 9.90 Å². The molecule has 1 fully saturated rings. The topological polar surface area (TPSA) is 37.3 Å². The highest BCUT2D eigenvalue weighted by Gasteiger charge is 2.52. The summed E-state index contributed by atoms with van der Waals surface area (Å²) in [7, 11) is 0. The van der Waals surface area contributed by atoms with Gasteiger partial charge in [-0.15, -0.1) is 0 Å². The molecule has 1 N–H and O–H groups in total. The molecular weight excluding hydrogens is 272 g/mol. The average Bonchev–Trinajstić information content (AvgIpc) is 2.50. The Kier molecular flexibility index (Phi) is 5.53. The van der Waals surface area contributed by atoms with E-state index in [1.54, 1.807) is 5.57 Å². The smallest absolute Gasteiger partial charge is 0.123 e. The van der Waals surface area contributed by atoms with Crippen molar-refractivity contribution in [1.29, 1.82) is 0 Å². The van der Waals surface area contributed by atoms with Gasteiger partial charge in [0.15, 0.2) is 0 Å². The van der Waals surface area contributed by atoms with Crippen LogP contribution in [-0.4, -0.2) is 18.0 Å². The van der Waals surface area contributed by atoms with Gasteiger partial charge in [-0.1, -0.05) is 32.4 Å². The van der Waals surface area contributed by atoms with E-state index in [-0.39, 0.29) is 12.5 Å². The minimum Gasteiger partial charge on any atom is -0.396 e. The van der Waals surface area contributed by atoms with E-state index < -0.39 is 0 Å². The van der Waals surface area contributed by atoms with Crippen molar-refractivity contribution >= 4 is 6.29 Å². The average molecular weight is 306 g/mol. The lowest BCUT2D eigenvalue weighted by molar-refractivity contribution is -0.112. The Hall–Kier alpha value is -0.630. The second-order valence-electron chi connectivity index (χ2n) is 8.33. The molecule has 0 aromatic rings. The second-order valence-corrected chi connectivity index (χ2v) is 8.33. The summed E-state index contributed by atoms with van der Waals surface area (Å²) >= 11 is 0. The predicted octanol–water partition coefficient (Wildman–Crippen LogP) is 4.76. The zero-order valence-electron chi connectivity index (χ0n) is 14.9. The third-order valence-corrected chi connectivity index (χ3v) is 7.34. The van der Waals surface area contributed by atoms with Gasteiger partial charge in [0.25, 0.3) is 0 Å². The van der Waals surface area contributed by atoms with Gasteiger partial charge in [-0.3, -0.25) is 0 Å². The molecule has 2 aliphatic rings. The zero-order valence-corrected chi connectivity index (χ0v) is 14.9. The number of hydrogen-bond acceptors (Lipinski definition) is 2. The Morgan fingerprint density at radius 3 is 2.73 bits per heavy atom. The van der Waals surface area contributed by atoms with E-state index in [2.05, 4.69) is 33.8 Å². The van der Waals surface area contributed by atoms with Gasteiger partial charge in [0, 0.05) is 12.5 Å². The molecule has 2 heteroatoms. The number of rotatable bonds is 6. The summed E-state index contributed by atoms with van der Waals surface area (Å²) in [5.41, 5.74) is 2.26. The minimum absolute atomic E-state index is 0.0300. The number of hydrogen-bond donors (Lipinski definition) is 1. The van der Waals surface area contributed by atoms with Gasteiger partial charge in [0.1, 0.15) is 6.29 Å². The molecule has 2 aliphatic carbocycles. The SMILES string of the molecule is CC1=CCC[C@@H]2[C@@](C)(CC[C@H](C=O)CCO)[C@H](C)CC[C@@]12C. The maximum atomic E-state index is 11.2. The van der Waals surface area contributed by atoms with Gasteiger partial charge in [-0.2, -0.15) is 0 Å². The van der Waals surface area contributed by atoms with Crippen LogP contribution in [0.25, 0.3) is 0 Å². The first-order valence-corrected chi connectivity index (χ1v) is 9.12. The third kappa shape index (κ3) is 3.04. The molecule has 22 heavy (non-hydrogen) atoms. The maximum Gasteiger partial charge on any atom is 0.123 e. The first-order chi connectivity index (χ1) is 10.4. The molecule has 0 saturated heterocycles. The standard InChI is InChI=1S/C20H34O2/c1-15-6-5-7-18-19(15,3)11-8-16(2)20(18,4)12-9-17(14-22)10-13-21/h6,14,16-18,21H,5,7-13H2,1-4H3/t16-,17+,18+,19+,20+/m1/s1. The Balaban J connectivity index is 2.18. The molecule has 0 amide bonds. The molecule has 0 aromatic carbocycles. The summed E-state index contributed by atoms with van der Waals surface area (Å²) < 4.78 is 0. The van der Waals surface area contributed by atoms with Crippen LogP contribution in [0, 0.1) is 28.6 Å². The number of fused-ring (bicyclic) bond motifs is 1. The molecule has 2 rings (SSSR count). The van der Waals surface area contributed by atoms with Gasteiger partial charge in [-0.25, -0.2) is 0 Å². The highest BCUT2D eigenvalue weighted by Crippen LogP contribution is 2.61. The monoisotopic (exact) mass is 306 g/mol. The predicted molar refractivity (Wildman–Crippen MR) is 91.6 cm³/mol. The van der Waals surface area contributed by atoms with Gasteiger partial charge >= 0.3 is 0 Å². The van der Waals surface area contributed by atoms with Crippen molar-refractivity contribution in [3.63, 3.8) is 0 Å². The van der Waals surface area contributed by atoms with Crippen LogP contribution in [0.5, 0.6) is 0 Å². The van der Waals surface area contributed by atoms with Crippen molar-refractivity contribution in [1.82, 2.24) is 0 Å². The molecule has 1 saturated carbocycles. The van der Waals surface area contributed by atoms with Crippen LogP contribution >= 0.6 is 0 Å². The Labute approximate surface area is 136 Å². The Morgan fingerprint density at radius 2 is 2.09 bits per heavy atom. The van der Waals surface area contributed by atoms with E-state index in [1.807, 2.05) is 0 Å². The molecule has 0 heterocycles. The highest BCUT2D eigenvalue weighted by molar-refractivity contribution is 5.53. The molecule has 126 valence electrons. The molecule has 0 unspecified atom stereocenters. The van der Waals surface area contributed by atoms with E-state index in [0.717, 1.165) is 31.0 Å². The molecular formula is C20H34O2. The van der Waals surface area contributed by atoms with Gasteiger partial charge in [-0.05, 0) is 74.5 Å². The first kappa shape index (κ1) is 17.7. The van der Waals surface area contributed by atoms with Crippen LogP contribution in [-0.2, 0) is 4.79 Å². The third-order valence-electron chi connectivity index (χ3n) is 7.34. The van der Waals surface area contributed by atoms with E-state index in [9.17, 15) is 4.79 Å². The molecule has 5 atom stereocenters. The molecule has 0 spiro atoms. The number of aldehydes is 1. The lowest BCUT2D eigenvalue weighted by Gasteiger charge is -2.58. The molecule has 0 aliphatic heterocycles. The first-order valence-electron chi connectivity index (χ1n) is 9.12. The number of carbonyl (C=O) groups excluding carboxylic acids is 1. The quantitative estimate of drug-likeness (QED) is 0.567. The number of carbonyl (C=O) groups is 1. The Bertz CT molecular complexity index is 427. The lowest BCUT2D eigenvalue weighted by atomic mass is 9.47. The summed E-state index contributed by atoms with van der Waals surface area (Å²) in [5.74, 6) is 1.48. The molecule has 0 bridgehead atoms. The fraction of sp³-hybridized carbons (Fsp3) is 0.850. The summed E-state index contributed by atoms with van der Waals surface area (Å²) in [6.07, 6.45) is 11.3. The van der Waals surface area contributed by atoms with Crippen molar-refractivity contribution < 1.29 is 9.90 Å². The van der Waals surface area contributed by atoms with Crippen LogP contribution in [0.4, 0.5) is 0 Å². The zero-order chi connectivity index (χ0) is 16.4.